The van der Waals surface area contributed by atoms with E-state index < -0.39 is 5.91 Å². The van der Waals surface area contributed by atoms with Gasteiger partial charge in [0.2, 0.25) is 5.91 Å². The quantitative estimate of drug-likeness (QED) is 0.657. The smallest absolute Gasteiger partial charge is 0.251 e. The van der Waals surface area contributed by atoms with Crippen molar-refractivity contribution < 1.29 is 14.4 Å². The summed E-state index contributed by atoms with van der Waals surface area (Å²) in [4.78, 5) is 34.7. The zero-order valence-corrected chi connectivity index (χ0v) is 15.3. The molecule has 0 fully saturated rings. The minimum atomic E-state index is -0.598. The lowest BCUT2D eigenvalue weighted by Crippen LogP contribution is -2.33. The predicted molar refractivity (Wildman–Crippen MR) is 103 cm³/mol. The minimum Gasteiger partial charge on any atom is -0.368 e. The van der Waals surface area contributed by atoms with Crippen LogP contribution in [-0.4, -0.2) is 30.5 Å². The van der Waals surface area contributed by atoms with E-state index in [9.17, 15) is 14.4 Å². The van der Waals surface area contributed by atoms with Gasteiger partial charge in [-0.05, 0) is 41.6 Å². The summed E-state index contributed by atoms with van der Waals surface area (Å²) in [5.74, 6) is -0.200. The molecule has 0 unspecified atom stereocenters. The maximum Gasteiger partial charge on any atom is 0.251 e. The lowest BCUT2D eigenvalue weighted by Gasteiger charge is -2.08. The van der Waals surface area contributed by atoms with Gasteiger partial charge in [0, 0.05) is 23.4 Å². The monoisotopic (exact) mass is 371 g/mol. The van der Waals surface area contributed by atoms with Crippen LogP contribution in [0, 0.1) is 0 Å². The first kappa shape index (κ1) is 19.5. The van der Waals surface area contributed by atoms with E-state index in [2.05, 4.69) is 10.6 Å². The first-order valence-corrected chi connectivity index (χ1v) is 9.40. The summed E-state index contributed by atoms with van der Waals surface area (Å²) in [5.41, 5.74) is 8.06. The molecule has 0 spiro atoms. The molecule has 2 aromatic carbocycles. The van der Waals surface area contributed by atoms with Crippen molar-refractivity contribution in [2.45, 2.75) is 12.3 Å². The third-order valence-corrected chi connectivity index (χ3v) is 4.24. The zero-order valence-electron chi connectivity index (χ0n) is 14.5. The highest BCUT2D eigenvalue weighted by Crippen LogP contribution is 2.11. The van der Waals surface area contributed by atoms with Gasteiger partial charge in [-0.1, -0.05) is 24.3 Å². The van der Waals surface area contributed by atoms with Crippen molar-refractivity contribution in [2.24, 2.45) is 5.73 Å². The molecule has 0 aliphatic heterocycles. The molecule has 0 aliphatic carbocycles. The van der Waals surface area contributed by atoms with E-state index in [0.29, 0.717) is 17.7 Å². The highest BCUT2D eigenvalue weighted by Gasteiger charge is 2.08. The van der Waals surface area contributed by atoms with Crippen molar-refractivity contribution in [3.63, 3.8) is 0 Å². The van der Waals surface area contributed by atoms with Crippen LogP contribution in [0.1, 0.15) is 31.8 Å². The molecule has 4 N–H and O–H groups in total. The molecule has 0 heterocycles. The predicted octanol–water partition coefficient (Wildman–Crippen LogP) is 1.69. The summed E-state index contributed by atoms with van der Waals surface area (Å²) < 4.78 is 0. The topological polar surface area (TPSA) is 101 Å². The van der Waals surface area contributed by atoms with Gasteiger partial charge in [-0.15, -0.1) is 0 Å². The number of rotatable bonds is 8. The maximum absolute atomic E-state index is 12.2. The molecule has 7 heteroatoms. The maximum atomic E-state index is 12.2. The van der Waals surface area contributed by atoms with Crippen molar-refractivity contribution in [3.05, 3.63) is 70.8 Å². The number of nitrogens with one attached hydrogen (secondary N) is 2. The fraction of sp³-hybridized carbons (Fsp3) is 0.211. The van der Waals surface area contributed by atoms with E-state index >= 15 is 0 Å². The second-order valence-corrected chi connectivity index (χ2v) is 6.52. The molecule has 26 heavy (non-hydrogen) atoms. The Morgan fingerprint density at radius 2 is 1.35 bits per heavy atom. The van der Waals surface area contributed by atoms with Crippen molar-refractivity contribution >= 4 is 29.5 Å². The van der Waals surface area contributed by atoms with E-state index in [4.69, 9.17) is 5.73 Å². The van der Waals surface area contributed by atoms with Crippen LogP contribution in [0.3, 0.4) is 0 Å². The first-order chi connectivity index (χ1) is 12.5. The molecule has 0 aromatic heterocycles. The van der Waals surface area contributed by atoms with Crippen LogP contribution >= 0.6 is 11.8 Å². The molecule has 136 valence electrons. The Hall–Kier alpha value is -2.80. The Morgan fingerprint density at radius 3 is 1.85 bits per heavy atom. The fourth-order valence-electron chi connectivity index (χ4n) is 2.25. The molecule has 2 aromatic rings. The van der Waals surface area contributed by atoms with Crippen molar-refractivity contribution in [2.75, 3.05) is 12.8 Å². The van der Waals surface area contributed by atoms with Crippen molar-refractivity contribution in [3.8, 4) is 0 Å². The van der Waals surface area contributed by atoms with Gasteiger partial charge in [-0.3, -0.25) is 14.4 Å². The molecular formula is C19H21N3O3S. The third-order valence-electron chi connectivity index (χ3n) is 3.62. The van der Waals surface area contributed by atoms with Crippen molar-refractivity contribution in [1.82, 2.24) is 10.6 Å². The van der Waals surface area contributed by atoms with E-state index in [1.807, 2.05) is 30.5 Å². The highest BCUT2D eigenvalue weighted by molar-refractivity contribution is 7.97. The molecule has 0 radical (unpaired) electrons. The summed E-state index contributed by atoms with van der Waals surface area (Å²) in [6.45, 7) is 0.154. The molecule has 0 atom stereocenters. The van der Waals surface area contributed by atoms with Gasteiger partial charge in [0.05, 0.1) is 6.54 Å². The summed E-state index contributed by atoms with van der Waals surface area (Å²) >= 11 is 1.73. The van der Waals surface area contributed by atoms with Gasteiger partial charge in [-0.25, -0.2) is 0 Å². The average Bonchev–Trinajstić information content (AvgIpc) is 2.65. The number of hydrogen-bond acceptors (Lipinski definition) is 4. The van der Waals surface area contributed by atoms with Crippen LogP contribution in [0.5, 0.6) is 0 Å². The van der Waals surface area contributed by atoms with Crippen LogP contribution < -0.4 is 16.4 Å². The SMILES string of the molecule is CSCc1ccc(C(=O)NCc2ccc(C(=O)NCC(N)=O)cc2)cc1. The normalized spacial score (nSPS) is 10.2. The first-order valence-electron chi connectivity index (χ1n) is 8.01. The Bertz CT molecular complexity index is 774. The van der Waals surface area contributed by atoms with Crippen LogP contribution in [0.25, 0.3) is 0 Å². The van der Waals surface area contributed by atoms with Gasteiger partial charge in [0.25, 0.3) is 11.8 Å². The number of carbonyl (C=O) groups excluding carboxylic acids is 3. The standard InChI is InChI=1S/C19H21N3O3S/c1-26-12-14-4-8-16(9-5-14)18(24)21-10-13-2-6-15(7-3-13)19(25)22-11-17(20)23/h2-9H,10-12H2,1H3,(H2,20,23)(H,21,24)(H,22,25). The molecule has 0 saturated heterocycles. The third kappa shape index (κ3) is 5.93. The van der Waals surface area contributed by atoms with Crippen LogP contribution in [0.4, 0.5) is 0 Å². The highest BCUT2D eigenvalue weighted by atomic mass is 32.2. The number of thioether (sulfide) groups is 1. The Morgan fingerprint density at radius 1 is 0.846 bits per heavy atom. The van der Waals surface area contributed by atoms with Crippen LogP contribution in [0.2, 0.25) is 0 Å². The molecular weight excluding hydrogens is 350 g/mol. The number of amides is 3. The van der Waals surface area contributed by atoms with Gasteiger partial charge in [0.15, 0.2) is 0 Å². The summed E-state index contributed by atoms with van der Waals surface area (Å²) in [6, 6.07) is 14.3. The molecule has 0 aliphatic rings. The number of nitrogens with two attached hydrogens (primary N) is 1. The van der Waals surface area contributed by atoms with E-state index in [1.54, 1.807) is 36.0 Å². The van der Waals surface area contributed by atoms with Gasteiger partial charge < -0.3 is 16.4 Å². The largest absolute Gasteiger partial charge is 0.368 e. The van der Waals surface area contributed by atoms with Crippen molar-refractivity contribution in [1.29, 1.82) is 0 Å². The molecule has 2 rings (SSSR count). The summed E-state index contributed by atoms with van der Waals surface area (Å²) in [5, 5.41) is 5.27. The van der Waals surface area contributed by atoms with Gasteiger partial charge in [-0.2, -0.15) is 11.8 Å². The van der Waals surface area contributed by atoms with Gasteiger partial charge >= 0.3 is 0 Å². The molecule has 0 saturated carbocycles. The number of benzene rings is 2. The molecule has 6 nitrogen and oxygen atoms in total. The minimum absolute atomic E-state index is 0.149. The zero-order chi connectivity index (χ0) is 18.9. The summed E-state index contributed by atoms with van der Waals surface area (Å²) in [6.07, 6.45) is 2.03. The lowest BCUT2D eigenvalue weighted by molar-refractivity contribution is -0.117. The lowest BCUT2D eigenvalue weighted by atomic mass is 10.1. The average molecular weight is 371 g/mol. The fourth-order valence-corrected chi connectivity index (χ4v) is 2.77. The second-order valence-electron chi connectivity index (χ2n) is 5.66. The van der Waals surface area contributed by atoms with Crippen LogP contribution in [-0.2, 0) is 17.1 Å². The van der Waals surface area contributed by atoms with Gasteiger partial charge in [0.1, 0.15) is 0 Å². The number of hydrogen-bond donors (Lipinski definition) is 3. The summed E-state index contributed by atoms with van der Waals surface area (Å²) in [7, 11) is 0. The van der Waals surface area contributed by atoms with Crippen LogP contribution in [0.15, 0.2) is 48.5 Å². The number of carbonyl (C=O) groups is 3. The Kier molecular flexibility index (Phi) is 7.23. The van der Waals surface area contributed by atoms with E-state index in [0.717, 1.165) is 11.3 Å². The van der Waals surface area contributed by atoms with E-state index in [-0.39, 0.29) is 18.4 Å². The molecule has 0 bridgehead atoms. The molecule has 3 amide bonds. The number of primary amides is 1. The second kappa shape index (κ2) is 9.62. The Labute approximate surface area is 156 Å². The Balaban J connectivity index is 1.87. The van der Waals surface area contributed by atoms with E-state index in [1.165, 1.54) is 5.56 Å².